The molecule has 0 aromatic carbocycles. The molecule has 4 unspecified atom stereocenters. The molecule has 30 heavy (non-hydrogen) atoms. The summed E-state index contributed by atoms with van der Waals surface area (Å²) in [5.41, 5.74) is 5.77. The Morgan fingerprint density at radius 1 is 0.800 bits per heavy atom. The zero-order valence-corrected chi connectivity index (χ0v) is 17.5. The zero-order chi connectivity index (χ0) is 23.6. The van der Waals surface area contributed by atoms with Gasteiger partial charge in [-0.3, -0.25) is 19.2 Å². The lowest BCUT2D eigenvalue weighted by Crippen LogP contribution is -2.59. The summed E-state index contributed by atoms with van der Waals surface area (Å²) in [5.74, 6) is -5.56. The standard InChI is InChI=1S/C18H32N4O8/c1-8(2)13(19)16(27)22-14(9(3)4)17(28)21-11(7-23)15(26)20-10(18(29)30)5-6-12(24)25/h8-11,13-14,23H,5-7,19H2,1-4H3,(H,20,26)(H,21,28)(H,22,27)(H,24,25)(H,29,30). The van der Waals surface area contributed by atoms with Crippen molar-refractivity contribution in [3.63, 3.8) is 0 Å². The molecule has 8 N–H and O–H groups in total. The largest absolute Gasteiger partial charge is 0.481 e. The van der Waals surface area contributed by atoms with E-state index in [9.17, 15) is 29.1 Å². The number of aliphatic hydroxyl groups is 1. The Hall–Kier alpha value is -2.73. The topological polar surface area (TPSA) is 208 Å². The van der Waals surface area contributed by atoms with Crippen LogP contribution in [0.4, 0.5) is 0 Å². The van der Waals surface area contributed by atoms with Crippen LogP contribution in [0, 0.1) is 11.8 Å². The Morgan fingerprint density at radius 2 is 1.33 bits per heavy atom. The molecule has 0 rings (SSSR count). The highest BCUT2D eigenvalue weighted by molar-refractivity contribution is 5.94. The van der Waals surface area contributed by atoms with Crippen LogP contribution in [-0.2, 0) is 24.0 Å². The average Bonchev–Trinajstić information content (AvgIpc) is 2.65. The van der Waals surface area contributed by atoms with Crippen molar-refractivity contribution < 1.29 is 39.3 Å². The van der Waals surface area contributed by atoms with E-state index < -0.39 is 66.9 Å². The van der Waals surface area contributed by atoms with Gasteiger partial charge in [0, 0.05) is 6.42 Å². The summed E-state index contributed by atoms with van der Waals surface area (Å²) in [5, 5.41) is 34.1. The second-order valence-electron chi connectivity index (χ2n) is 7.58. The number of hydrogen-bond acceptors (Lipinski definition) is 7. The maximum absolute atomic E-state index is 12.6. The second-order valence-corrected chi connectivity index (χ2v) is 7.58. The van der Waals surface area contributed by atoms with Gasteiger partial charge in [0.2, 0.25) is 17.7 Å². The fraction of sp³-hybridized carbons (Fsp3) is 0.722. The first-order valence-electron chi connectivity index (χ1n) is 9.53. The Balaban J connectivity index is 5.17. The summed E-state index contributed by atoms with van der Waals surface area (Å²) < 4.78 is 0. The molecule has 0 aliphatic rings. The number of carbonyl (C=O) groups is 5. The van der Waals surface area contributed by atoms with Crippen molar-refractivity contribution in [2.24, 2.45) is 17.6 Å². The van der Waals surface area contributed by atoms with Gasteiger partial charge in [0.25, 0.3) is 0 Å². The van der Waals surface area contributed by atoms with Crippen molar-refractivity contribution in [3.8, 4) is 0 Å². The lowest BCUT2D eigenvalue weighted by Gasteiger charge is -2.26. The number of rotatable bonds is 13. The normalized spacial score (nSPS) is 15.1. The van der Waals surface area contributed by atoms with Crippen molar-refractivity contribution in [2.45, 2.75) is 64.7 Å². The summed E-state index contributed by atoms with van der Waals surface area (Å²) in [7, 11) is 0. The van der Waals surface area contributed by atoms with Crippen molar-refractivity contribution in [3.05, 3.63) is 0 Å². The molecule has 4 atom stereocenters. The molecular weight excluding hydrogens is 400 g/mol. The van der Waals surface area contributed by atoms with Gasteiger partial charge >= 0.3 is 11.9 Å². The minimum Gasteiger partial charge on any atom is -0.481 e. The van der Waals surface area contributed by atoms with Gasteiger partial charge in [-0.15, -0.1) is 0 Å². The molecule has 0 aliphatic heterocycles. The van der Waals surface area contributed by atoms with E-state index in [4.69, 9.17) is 15.9 Å². The maximum Gasteiger partial charge on any atom is 0.326 e. The third-order valence-corrected chi connectivity index (χ3v) is 4.34. The quantitative estimate of drug-likeness (QED) is 0.172. The number of nitrogens with two attached hydrogens (primary N) is 1. The number of carboxylic acid groups (broad SMARTS) is 2. The molecule has 0 saturated heterocycles. The maximum atomic E-state index is 12.6. The first-order valence-corrected chi connectivity index (χ1v) is 9.53. The van der Waals surface area contributed by atoms with Crippen LogP contribution in [0.25, 0.3) is 0 Å². The molecule has 0 aromatic heterocycles. The monoisotopic (exact) mass is 432 g/mol. The van der Waals surface area contributed by atoms with Gasteiger partial charge in [-0.2, -0.15) is 0 Å². The number of carbonyl (C=O) groups excluding carboxylic acids is 3. The molecule has 12 heteroatoms. The van der Waals surface area contributed by atoms with E-state index in [0.717, 1.165) is 0 Å². The lowest BCUT2D eigenvalue weighted by atomic mass is 10.00. The van der Waals surface area contributed by atoms with Crippen LogP contribution >= 0.6 is 0 Å². The van der Waals surface area contributed by atoms with Crippen LogP contribution in [0.15, 0.2) is 0 Å². The molecule has 172 valence electrons. The third kappa shape index (κ3) is 9.18. The molecule has 0 radical (unpaired) electrons. The molecule has 0 aromatic rings. The van der Waals surface area contributed by atoms with E-state index in [1.165, 1.54) is 0 Å². The van der Waals surface area contributed by atoms with E-state index in [-0.39, 0.29) is 18.3 Å². The van der Waals surface area contributed by atoms with E-state index in [2.05, 4.69) is 16.0 Å². The van der Waals surface area contributed by atoms with Crippen LogP contribution in [0.5, 0.6) is 0 Å². The fourth-order valence-electron chi connectivity index (χ4n) is 2.34. The molecule has 0 spiro atoms. The molecule has 0 saturated carbocycles. The van der Waals surface area contributed by atoms with Crippen LogP contribution in [0.3, 0.4) is 0 Å². The lowest BCUT2D eigenvalue weighted by molar-refractivity contribution is -0.143. The summed E-state index contributed by atoms with van der Waals surface area (Å²) >= 11 is 0. The van der Waals surface area contributed by atoms with Gasteiger partial charge in [0.1, 0.15) is 18.1 Å². The van der Waals surface area contributed by atoms with E-state index >= 15 is 0 Å². The van der Waals surface area contributed by atoms with Crippen LogP contribution in [0.2, 0.25) is 0 Å². The van der Waals surface area contributed by atoms with E-state index in [1.54, 1.807) is 27.7 Å². The van der Waals surface area contributed by atoms with Crippen LogP contribution in [0.1, 0.15) is 40.5 Å². The number of carboxylic acids is 2. The van der Waals surface area contributed by atoms with Crippen LogP contribution in [-0.4, -0.2) is 75.8 Å². The van der Waals surface area contributed by atoms with Gasteiger partial charge in [-0.25, -0.2) is 4.79 Å². The number of amides is 3. The highest BCUT2D eigenvalue weighted by atomic mass is 16.4. The Labute approximate surface area is 174 Å². The number of nitrogens with one attached hydrogen (secondary N) is 3. The Bertz CT molecular complexity index is 638. The number of aliphatic carboxylic acids is 2. The predicted molar refractivity (Wildman–Crippen MR) is 105 cm³/mol. The van der Waals surface area contributed by atoms with Gasteiger partial charge in [-0.1, -0.05) is 27.7 Å². The zero-order valence-electron chi connectivity index (χ0n) is 17.5. The average molecular weight is 432 g/mol. The highest BCUT2D eigenvalue weighted by Gasteiger charge is 2.31. The summed E-state index contributed by atoms with van der Waals surface area (Å²) in [6, 6.07) is -4.90. The molecule has 3 amide bonds. The smallest absolute Gasteiger partial charge is 0.326 e. The fourth-order valence-corrected chi connectivity index (χ4v) is 2.34. The molecule has 0 bridgehead atoms. The Kier molecular flexibility index (Phi) is 11.6. The summed E-state index contributed by atoms with van der Waals surface area (Å²) in [6.07, 6.45) is -0.870. The number of hydrogen-bond donors (Lipinski definition) is 7. The first-order chi connectivity index (χ1) is 13.8. The molecular formula is C18H32N4O8. The van der Waals surface area contributed by atoms with Crippen molar-refractivity contribution in [1.82, 2.24) is 16.0 Å². The van der Waals surface area contributed by atoms with Gasteiger partial charge in [-0.05, 0) is 18.3 Å². The van der Waals surface area contributed by atoms with Gasteiger partial charge < -0.3 is 37.0 Å². The van der Waals surface area contributed by atoms with Crippen molar-refractivity contribution in [2.75, 3.05) is 6.61 Å². The minimum atomic E-state index is -1.51. The van der Waals surface area contributed by atoms with Gasteiger partial charge in [0.15, 0.2) is 0 Å². The van der Waals surface area contributed by atoms with E-state index in [0.29, 0.717) is 0 Å². The number of aliphatic hydroxyl groups excluding tert-OH is 1. The summed E-state index contributed by atoms with van der Waals surface area (Å²) in [6.45, 7) is 5.96. The molecule has 0 fully saturated rings. The van der Waals surface area contributed by atoms with Crippen molar-refractivity contribution in [1.29, 1.82) is 0 Å². The summed E-state index contributed by atoms with van der Waals surface area (Å²) in [4.78, 5) is 58.8. The van der Waals surface area contributed by atoms with Crippen molar-refractivity contribution >= 4 is 29.7 Å². The van der Waals surface area contributed by atoms with Crippen LogP contribution < -0.4 is 21.7 Å². The molecule has 12 nitrogen and oxygen atoms in total. The predicted octanol–water partition coefficient (Wildman–Crippen LogP) is -1.98. The second kappa shape index (κ2) is 12.8. The van der Waals surface area contributed by atoms with Gasteiger partial charge in [0.05, 0.1) is 12.6 Å². The highest BCUT2D eigenvalue weighted by Crippen LogP contribution is 2.06. The third-order valence-electron chi connectivity index (χ3n) is 4.34. The Morgan fingerprint density at radius 3 is 1.73 bits per heavy atom. The molecule has 0 aliphatic carbocycles. The minimum absolute atomic E-state index is 0.171. The molecule has 0 heterocycles. The SMILES string of the molecule is CC(C)C(N)C(=O)NC(C(=O)NC(CO)C(=O)NC(CCC(=O)O)C(=O)O)C(C)C. The first kappa shape index (κ1) is 27.3. The van der Waals surface area contributed by atoms with E-state index in [1.807, 2.05) is 0 Å².